The minimum atomic E-state index is -1.29. The molecule has 7 N–H and O–H groups in total. The van der Waals surface area contributed by atoms with E-state index in [9.17, 15) is 19.2 Å². The van der Waals surface area contributed by atoms with Crippen LogP contribution in [-0.4, -0.2) is 55.1 Å². The zero-order chi connectivity index (χ0) is 22.9. The lowest BCUT2D eigenvalue weighted by atomic mass is 10.0. The van der Waals surface area contributed by atoms with Crippen LogP contribution in [0.1, 0.15) is 39.1 Å². The van der Waals surface area contributed by atoms with E-state index in [1.807, 2.05) is 0 Å². The lowest BCUT2D eigenvalue weighted by Crippen LogP contribution is -2.52. The molecule has 2 aliphatic rings. The molecule has 2 aromatic rings. The molecule has 4 rings (SSSR count). The highest BCUT2D eigenvalue weighted by Gasteiger charge is 2.39. The summed E-state index contributed by atoms with van der Waals surface area (Å²) >= 11 is 0. The van der Waals surface area contributed by atoms with Crippen molar-refractivity contribution in [3.63, 3.8) is 0 Å². The van der Waals surface area contributed by atoms with Gasteiger partial charge in [-0.3, -0.25) is 19.7 Å². The van der Waals surface area contributed by atoms with Crippen molar-refractivity contribution in [3.8, 4) is 17.2 Å². The summed E-state index contributed by atoms with van der Waals surface area (Å²) in [7, 11) is 0. The van der Waals surface area contributed by atoms with E-state index in [0.717, 1.165) is 17.7 Å². The Bertz CT molecular complexity index is 1070. The van der Waals surface area contributed by atoms with Gasteiger partial charge in [0, 0.05) is 29.8 Å². The third-order valence-electron chi connectivity index (χ3n) is 4.93. The van der Waals surface area contributed by atoms with E-state index < -0.39 is 35.2 Å². The van der Waals surface area contributed by atoms with Crippen molar-refractivity contribution in [2.75, 3.05) is 5.73 Å². The van der Waals surface area contributed by atoms with Crippen LogP contribution in [0.25, 0.3) is 0 Å². The molecule has 0 bridgehead atoms. The predicted molar refractivity (Wildman–Crippen MR) is 105 cm³/mol. The number of nitrogen functional groups attached to an aromatic ring is 1. The fourth-order valence-corrected chi connectivity index (χ4v) is 3.34. The quantitative estimate of drug-likeness (QED) is 0.224. The largest absolute Gasteiger partial charge is 0.504 e. The van der Waals surface area contributed by atoms with E-state index in [1.54, 1.807) is 18.2 Å². The number of fused-ring (bicyclic) bond motifs is 1. The Morgan fingerprint density at radius 2 is 1.74 bits per heavy atom. The van der Waals surface area contributed by atoms with Crippen molar-refractivity contribution in [2.24, 2.45) is 0 Å². The maximum absolute atomic E-state index is 12.3. The van der Waals surface area contributed by atoms with Gasteiger partial charge in [0.25, 0.3) is 5.91 Å². The minimum absolute atomic E-state index is 0.197. The van der Waals surface area contributed by atoms with E-state index in [-0.39, 0.29) is 23.8 Å². The number of carboxylic acids is 1. The SMILES string of the molecule is Nc1cccc2c1CN(C1CCC(=O)NC1=O)C2=O.O=C(O)c1cc(O)c(O)c(O)c1. The van der Waals surface area contributed by atoms with E-state index in [2.05, 4.69) is 5.32 Å². The van der Waals surface area contributed by atoms with Crippen molar-refractivity contribution < 1.29 is 39.6 Å². The molecule has 1 fully saturated rings. The number of amides is 3. The second-order valence-corrected chi connectivity index (χ2v) is 6.94. The number of hydrogen-bond donors (Lipinski definition) is 6. The number of anilines is 1. The van der Waals surface area contributed by atoms with Gasteiger partial charge in [-0.2, -0.15) is 0 Å². The summed E-state index contributed by atoms with van der Waals surface area (Å²) in [5, 5.41) is 37.2. The molecule has 1 atom stereocenters. The Morgan fingerprint density at radius 1 is 1.10 bits per heavy atom. The number of hydrogen-bond acceptors (Lipinski definition) is 8. The first kappa shape index (κ1) is 21.4. The molecule has 2 heterocycles. The monoisotopic (exact) mass is 429 g/mol. The normalized spacial score (nSPS) is 17.5. The van der Waals surface area contributed by atoms with Crippen LogP contribution in [0.2, 0.25) is 0 Å². The number of aromatic hydroxyl groups is 3. The Balaban J connectivity index is 0.000000196. The number of piperidine rings is 1. The van der Waals surface area contributed by atoms with Crippen LogP contribution in [0.3, 0.4) is 0 Å². The number of nitrogens with two attached hydrogens (primary N) is 1. The van der Waals surface area contributed by atoms with Crippen molar-refractivity contribution in [2.45, 2.75) is 25.4 Å². The molecule has 1 saturated heterocycles. The minimum Gasteiger partial charge on any atom is -0.504 e. The lowest BCUT2D eigenvalue weighted by molar-refractivity contribution is -0.136. The Hall–Kier alpha value is -4.28. The first-order chi connectivity index (χ1) is 14.6. The second-order valence-electron chi connectivity index (χ2n) is 6.94. The van der Waals surface area contributed by atoms with Crippen molar-refractivity contribution in [3.05, 3.63) is 47.0 Å². The molecule has 0 aromatic heterocycles. The summed E-state index contributed by atoms with van der Waals surface area (Å²) in [6.07, 6.45) is 0.621. The summed E-state index contributed by atoms with van der Waals surface area (Å²) in [5.74, 6) is -4.22. The molecule has 0 radical (unpaired) electrons. The number of carbonyl (C=O) groups excluding carboxylic acids is 3. The number of aromatic carboxylic acids is 1. The number of carbonyl (C=O) groups is 4. The number of phenolic OH excluding ortho intramolecular Hbond substituents is 3. The molecule has 162 valence electrons. The smallest absolute Gasteiger partial charge is 0.335 e. The maximum atomic E-state index is 12.3. The highest BCUT2D eigenvalue weighted by molar-refractivity contribution is 6.06. The predicted octanol–water partition coefficient (Wildman–Crippen LogP) is 0.531. The molecule has 3 amide bonds. The standard InChI is InChI=1S/C13H13N3O3.C7H6O5/c14-9-3-1-2-7-8(9)6-16(13(7)19)10-4-5-11(17)15-12(10)18;8-4-1-3(7(11)12)2-5(9)6(4)10/h1-3,10H,4-6,14H2,(H,15,17,18);1-2,8-10H,(H,11,12). The Labute approximate surface area is 175 Å². The van der Waals surface area contributed by atoms with Crippen LogP contribution in [0.15, 0.2) is 30.3 Å². The van der Waals surface area contributed by atoms with Gasteiger partial charge in [0.2, 0.25) is 11.8 Å². The van der Waals surface area contributed by atoms with Gasteiger partial charge in [-0.1, -0.05) is 6.07 Å². The summed E-state index contributed by atoms with van der Waals surface area (Å²) in [6, 6.07) is 6.27. The first-order valence-corrected chi connectivity index (χ1v) is 9.10. The topological polar surface area (TPSA) is 190 Å². The maximum Gasteiger partial charge on any atom is 0.335 e. The summed E-state index contributed by atoms with van der Waals surface area (Å²) in [4.78, 5) is 47.0. The molecule has 0 saturated carbocycles. The lowest BCUT2D eigenvalue weighted by Gasteiger charge is -2.29. The van der Waals surface area contributed by atoms with Crippen LogP contribution in [0.5, 0.6) is 17.2 Å². The third-order valence-corrected chi connectivity index (χ3v) is 4.93. The average Bonchev–Trinajstić information content (AvgIpc) is 3.04. The van der Waals surface area contributed by atoms with Crippen molar-refractivity contribution >= 4 is 29.4 Å². The number of imide groups is 1. The molecule has 31 heavy (non-hydrogen) atoms. The number of rotatable bonds is 2. The zero-order valence-corrected chi connectivity index (χ0v) is 16.0. The molecule has 2 aromatic carbocycles. The van der Waals surface area contributed by atoms with Gasteiger partial charge in [-0.05, 0) is 30.7 Å². The molecule has 11 heteroatoms. The summed E-state index contributed by atoms with van der Waals surface area (Å²) in [6.45, 7) is 0.327. The number of phenols is 3. The molecule has 11 nitrogen and oxygen atoms in total. The van der Waals surface area contributed by atoms with Gasteiger partial charge in [-0.15, -0.1) is 0 Å². The number of nitrogens with one attached hydrogen (secondary N) is 1. The number of nitrogens with zero attached hydrogens (tertiary/aromatic N) is 1. The highest BCUT2D eigenvalue weighted by Crippen LogP contribution is 2.35. The number of carboxylic acid groups (broad SMARTS) is 1. The van der Waals surface area contributed by atoms with Crippen LogP contribution < -0.4 is 11.1 Å². The highest BCUT2D eigenvalue weighted by atomic mass is 16.4. The van der Waals surface area contributed by atoms with Gasteiger partial charge in [0.15, 0.2) is 17.2 Å². The third kappa shape index (κ3) is 4.20. The Kier molecular flexibility index (Phi) is 5.68. The molecular formula is C20H19N3O8. The van der Waals surface area contributed by atoms with Crippen molar-refractivity contribution in [1.29, 1.82) is 0 Å². The molecule has 1 unspecified atom stereocenters. The summed E-state index contributed by atoms with van der Waals surface area (Å²) < 4.78 is 0. The van der Waals surface area contributed by atoms with E-state index in [0.29, 0.717) is 24.2 Å². The average molecular weight is 429 g/mol. The fourth-order valence-electron chi connectivity index (χ4n) is 3.34. The molecular weight excluding hydrogens is 410 g/mol. The molecule has 0 spiro atoms. The van der Waals surface area contributed by atoms with Gasteiger partial charge in [0.1, 0.15) is 6.04 Å². The van der Waals surface area contributed by atoms with E-state index in [1.165, 1.54) is 4.90 Å². The second kappa shape index (κ2) is 8.22. The van der Waals surface area contributed by atoms with Crippen LogP contribution in [-0.2, 0) is 16.1 Å². The molecule has 0 aliphatic carbocycles. The Morgan fingerprint density at radius 3 is 2.29 bits per heavy atom. The fraction of sp³-hybridized carbons (Fsp3) is 0.200. The van der Waals surface area contributed by atoms with Gasteiger partial charge < -0.3 is 31.1 Å². The zero-order valence-electron chi connectivity index (χ0n) is 16.0. The number of benzene rings is 2. The van der Waals surface area contributed by atoms with E-state index in [4.69, 9.17) is 26.2 Å². The van der Waals surface area contributed by atoms with Crippen LogP contribution in [0, 0.1) is 0 Å². The van der Waals surface area contributed by atoms with Gasteiger partial charge in [-0.25, -0.2) is 4.79 Å². The van der Waals surface area contributed by atoms with Crippen LogP contribution >= 0.6 is 0 Å². The summed E-state index contributed by atoms with van der Waals surface area (Å²) in [5.41, 5.74) is 7.42. The van der Waals surface area contributed by atoms with Gasteiger partial charge in [0.05, 0.1) is 5.56 Å². The van der Waals surface area contributed by atoms with Gasteiger partial charge >= 0.3 is 5.97 Å². The van der Waals surface area contributed by atoms with Crippen LogP contribution in [0.4, 0.5) is 5.69 Å². The first-order valence-electron chi connectivity index (χ1n) is 9.10. The van der Waals surface area contributed by atoms with E-state index >= 15 is 0 Å². The molecule has 2 aliphatic heterocycles. The van der Waals surface area contributed by atoms with Crippen molar-refractivity contribution in [1.82, 2.24) is 10.2 Å².